The number of thioether (sulfide) groups is 1. The predicted molar refractivity (Wildman–Crippen MR) is 71.0 cm³/mol. The zero-order valence-electron chi connectivity index (χ0n) is 10.1. The molecule has 0 saturated carbocycles. The molecule has 2 heteroatoms. The average Bonchev–Trinajstić information content (AvgIpc) is 2.46. The van der Waals surface area contributed by atoms with Gasteiger partial charge in [-0.2, -0.15) is 11.8 Å². The van der Waals surface area contributed by atoms with Crippen molar-refractivity contribution in [2.45, 2.75) is 44.3 Å². The predicted octanol–water partition coefficient (Wildman–Crippen LogP) is 4.03. The fourth-order valence-electron chi connectivity index (χ4n) is 1.80. The first kappa shape index (κ1) is 12.7. The second-order valence-corrected chi connectivity index (χ2v) is 5.55. The summed E-state index contributed by atoms with van der Waals surface area (Å²) < 4.78 is 0. The van der Waals surface area contributed by atoms with E-state index in [4.69, 9.17) is 0 Å². The quantitative estimate of drug-likeness (QED) is 0.628. The van der Waals surface area contributed by atoms with Crippen LogP contribution < -0.4 is 0 Å². The van der Waals surface area contributed by atoms with Crippen molar-refractivity contribution in [3.63, 3.8) is 0 Å². The number of nitrogens with zero attached hydrogens (tertiary/aromatic N) is 1. The standard InChI is InChI=1S/C13H23NS/c1-5-6-7-8-9-15-13-10-11(2)14(4)12(13)3/h13H,2-3,5-10H2,1,4H3. The van der Waals surface area contributed by atoms with E-state index in [1.165, 1.54) is 42.8 Å². The number of hydrogen-bond donors (Lipinski definition) is 0. The van der Waals surface area contributed by atoms with Crippen LogP contribution in [-0.4, -0.2) is 23.0 Å². The van der Waals surface area contributed by atoms with Gasteiger partial charge in [0, 0.05) is 30.1 Å². The molecule has 1 fully saturated rings. The van der Waals surface area contributed by atoms with Crippen LogP contribution in [0.15, 0.2) is 24.6 Å². The first-order valence-electron chi connectivity index (χ1n) is 5.88. The molecule has 0 radical (unpaired) electrons. The van der Waals surface area contributed by atoms with Gasteiger partial charge in [-0.1, -0.05) is 39.3 Å². The summed E-state index contributed by atoms with van der Waals surface area (Å²) in [5.74, 6) is 1.27. The number of unbranched alkanes of at least 4 members (excludes halogenated alkanes) is 3. The lowest BCUT2D eigenvalue weighted by Gasteiger charge is -2.15. The third-order valence-corrected chi connectivity index (χ3v) is 4.38. The molecule has 1 nitrogen and oxygen atoms in total. The molecule has 0 aliphatic carbocycles. The Morgan fingerprint density at radius 1 is 1.33 bits per heavy atom. The molecule has 1 rings (SSSR count). The second kappa shape index (κ2) is 6.26. The molecule has 1 aliphatic heterocycles. The van der Waals surface area contributed by atoms with E-state index < -0.39 is 0 Å². The van der Waals surface area contributed by atoms with E-state index in [0.717, 1.165) is 6.42 Å². The highest BCUT2D eigenvalue weighted by Crippen LogP contribution is 2.35. The summed E-state index contributed by atoms with van der Waals surface area (Å²) in [6, 6.07) is 0. The third-order valence-electron chi connectivity index (χ3n) is 3.01. The second-order valence-electron chi connectivity index (χ2n) is 4.24. The first-order chi connectivity index (χ1) is 7.16. The fraction of sp³-hybridized carbons (Fsp3) is 0.692. The summed E-state index contributed by atoms with van der Waals surface area (Å²) >= 11 is 2.05. The van der Waals surface area contributed by atoms with E-state index in [0.29, 0.717) is 5.25 Å². The number of allylic oxidation sites excluding steroid dienone is 1. The summed E-state index contributed by atoms with van der Waals surface area (Å²) in [5.41, 5.74) is 2.45. The number of likely N-dealkylation sites (tertiary alicyclic amines) is 1. The highest BCUT2D eigenvalue weighted by atomic mass is 32.2. The zero-order chi connectivity index (χ0) is 11.3. The van der Waals surface area contributed by atoms with Gasteiger partial charge in [0.25, 0.3) is 0 Å². The summed E-state index contributed by atoms with van der Waals surface area (Å²) in [6.07, 6.45) is 6.50. The van der Waals surface area contributed by atoms with E-state index >= 15 is 0 Å². The van der Waals surface area contributed by atoms with Crippen LogP contribution >= 0.6 is 11.8 Å². The molecule has 0 aromatic carbocycles. The molecule has 1 unspecified atom stereocenters. The van der Waals surface area contributed by atoms with Crippen LogP contribution in [0.3, 0.4) is 0 Å². The lowest BCUT2D eigenvalue weighted by atomic mass is 10.2. The Kier molecular flexibility index (Phi) is 5.30. The molecule has 1 aliphatic rings. The summed E-state index contributed by atoms with van der Waals surface area (Å²) in [7, 11) is 2.07. The Morgan fingerprint density at radius 2 is 2.07 bits per heavy atom. The molecule has 86 valence electrons. The van der Waals surface area contributed by atoms with Gasteiger partial charge in [0.15, 0.2) is 0 Å². The van der Waals surface area contributed by atoms with E-state index in [9.17, 15) is 0 Å². The van der Waals surface area contributed by atoms with Crippen LogP contribution in [-0.2, 0) is 0 Å². The molecule has 1 heterocycles. The van der Waals surface area contributed by atoms with Crippen molar-refractivity contribution in [1.29, 1.82) is 0 Å². The van der Waals surface area contributed by atoms with Crippen molar-refractivity contribution >= 4 is 11.8 Å². The monoisotopic (exact) mass is 225 g/mol. The lowest BCUT2D eigenvalue weighted by molar-refractivity contribution is 0.564. The van der Waals surface area contributed by atoms with Gasteiger partial charge in [-0.05, 0) is 12.2 Å². The van der Waals surface area contributed by atoms with E-state index in [-0.39, 0.29) is 0 Å². The first-order valence-corrected chi connectivity index (χ1v) is 6.93. The number of rotatable bonds is 6. The van der Waals surface area contributed by atoms with E-state index in [2.05, 4.69) is 32.0 Å². The Balaban J connectivity index is 2.17. The van der Waals surface area contributed by atoms with Gasteiger partial charge in [-0.25, -0.2) is 0 Å². The van der Waals surface area contributed by atoms with Crippen molar-refractivity contribution < 1.29 is 0 Å². The van der Waals surface area contributed by atoms with Crippen molar-refractivity contribution in [2.75, 3.05) is 12.8 Å². The van der Waals surface area contributed by atoms with E-state index in [1.54, 1.807) is 0 Å². The summed E-state index contributed by atoms with van der Waals surface area (Å²) in [5, 5.41) is 0.587. The minimum Gasteiger partial charge on any atom is -0.352 e. The Bertz CT molecular complexity index is 235. The molecule has 0 aromatic rings. The zero-order valence-corrected chi connectivity index (χ0v) is 10.9. The number of hydrogen-bond acceptors (Lipinski definition) is 2. The van der Waals surface area contributed by atoms with Crippen molar-refractivity contribution in [1.82, 2.24) is 4.90 Å². The van der Waals surface area contributed by atoms with Crippen LogP contribution in [0.1, 0.15) is 39.0 Å². The van der Waals surface area contributed by atoms with Crippen LogP contribution in [0.25, 0.3) is 0 Å². The smallest absolute Gasteiger partial charge is 0.0498 e. The summed E-state index contributed by atoms with van der Waals surface area (Å²) in [6.45, 7) is 10.4. The molecule has 0 spiro atoms. The van der Waals surface area contributed by atoms with Crippen LogP contribution in [0, 0.1) is 0 Å². The molecule has 0 amide bonds. The molecule has 1 saturated heterocycles. The third kappa shape index (κ3) is 3.60. The minimum atomic E-state index is 0.587. The highest BCUT2D eigenvalue weighted by Gasteiger charge is 2.26. The van der Waals surface area contributed by atoms with Gasteiger partial charge >= 0.3 is 0 Å². The van der Waals surface area contributed by atoms with Crippen LogP contribution in [0.5, 0.6) is 0 Å². The Hall–Kier alpha value is -0.370. The van der Waals surface area contributed by atoms with Gasteiger partial charge in [-0.3, -0.25) is 0 Å². The molecule has 0 aromatic heterocycles. The molecule has 0 N–H and O–H groups in total. The molecular formula is C13H23NS. The minimum absolute atomic E-state index is 0.587. The van der Waals surface area contributed by atoms with Crippen molar-refractivity contribution in [2.24, 2.45) is 0 Å². The Morgan fingerprint density at radius 3 is 2.60 bits per heavy atom. The maximum absolute atomic E-state index is 4.13. The maximum Gasteiger partial charge on any atom is 0.0498 e. The van der Waals surface area contributed by atoms with Gasteiger partial charge in [0.1, 0.15) is 0 Å². The topological polar surface area (TPSA) is 3.24 Å². The van der Waals surface area contributed by atoms with Gasteiger partial charge in [0.2, 0.25) is 0 Å². The van der Waals surface area contributed by atoms with Crippen molar-refractivity contribution in [3.05, 3.63) is 24.6 Å². The molecular weight excluding hydrogens is 202 g/mol. The molecule has 15 heavy (non-hydrogen) atoms. The highest BCUT2D eigenvalue weighted by molar-refractivity contribution is 8.00. The largest absolute Gasteiger partial charge is 0.352 e. The van der Waals surface area contributed by atoms with E-state index in [1.807, 2.05) is 11.8 Å². The van der Waals surface area contributed by atoms with Gasteiger partial charge in [0.05, 0.1) is 0 Å². The molecule has 0 bridgehead atoms. The average molecular weight is 225 g/mol. The Labute approximate surface area is 98.6 Å². The SMILES string of the molecule is C=C1CC(SCCCCCC)C(=C)N1C. The molecule has 1 atom stereocenters. The van der Waals surface area contributed by atoms with Crippen molar-refractivity contribution in [3.8, 4) is 0 Å². The maximum atomic E-state index is 4.13. The van der Waals surface area contributed by atoms with Gasteiger partial charge < -0.3 is 4.90 Å². The lowest BCUT2D eigenvalue weighted by Crippen LogP contribution is -2.10. The van der Waals surface area contributed by atoms with Crippen LogP contribution in [0.4, 0.5) is 0 Å². The normalized spacial score (nSPS) is 21.5. The van der Waals surface area contributed by atoms with Gasteiger partial charge in [-0.15, -0.1) is 0 Å². The van der Waals surface area contributed by atoms with Crippen LogP contribution in [0.2, 0.25) is 0 Å². The summed E-state index contributed by atoms with van der Waals surface area (Å²) in [4.78, 5) is 2.14. The fourth-order valence-corrected chi connectivity index (χ4v) is 3.11.